The first-order valence-corrected chi connectivity index (χ1v) is 11.0. The summed E-state index contributed by atoms with van der Waals surface area (Å²) in [6.45, 7) is 0. The van der Waals surface area contributed by atoms with E-state index in [0.29, 0.717) is 32.3 Å². The second-order valence-corrected chi connectivity index (χ2v) is 7.76. The molecule has 0 nitrogen and oxygen atoms in total. The van der Waals surface area contributed by atoms with Crippen LogP contribution in [0.25, 0.3) is 0 Å². The van der Waals surface area contributed by atoms with Crippen molar-refractivity contribution in [2.45, 2.75) is 17.3 Å². The van der Waals surface area contributed by atoms with Gasteiger partial charge >= 0.3 is 0 Å². The molecular formula is C9H6Cl6S3. The van der Waals surface area contributed by atoms with Gasteiger partial charge in [-0.3, -0.25) is 0 Å². The van der Waals surface area contributed by atoms with Gasteiger partial charge in [-0.25, -0.2) is 0 Å². The molecule has 0 radical (unpaired) electrons. The normalized spacial score (nSPS) is 11.0. The van der Waals surface area contributed by atoms with Crippen molar-refractivity contribution in [3.05, 3.63) is 31.8 Å². The van der Waals surface area contributed by atoms with Gasteiger partial charge in [-0.05, 0) is 32.0 Å². The number of hydrogen-bond acceptors (Lipinski definition) is 3. The van der Waals surface area contributed by atoms with Crippen molar-refractivity contribution in [3.63, 3.8) is 0 Å². The predicted octanol–water partition coefficient (Wildman–Crippen LogP) is 7.81. The van der Waals surface area contributed by atoms with E-state index in [-0.39, 0.29) is 0 Å². The van der Waals surface area contributed by atoms with Gasteiger partial charge in [0.1, 0.15) is 0 Å². The average Bonchev–Trinajstić information content (AvgIpc) is 2.35. The first-order valence-electron chi connectivity index (χ1n) is 4.46. The Morgan fingerprint density at radius 2 is 0.778 bits per heavy atom. The lowest BCUT2D eigenvalue weighted by molar-refractivity contribution is 1.27. The largest absolute Gasteiger partial charge is 0.0836 e. The highest BCUT2D eigenvalue weighted by atomic mass is 35.7. The number of rotatable bonds is 6. The van der Waals surface area contributed by atoms with Crippen LogP contribution in [0.2, 0.25) is 15.1 Å². The highest BCUT2D eigenvalue weighted by Gasteiger charge is 2.20. The van der Waals surface area contributed by atoms with Crippen molar-refractivity contribution in [2.24, 2.45) is 0 Å². The summed E-state index contributed by atoms with van der Waals surface area (Å²) in [7, 11) is 20.4. The SMILES string of the molecule is ClSCc1c(Cl)c(CSCl)c(Cl)c(CSCl)c1Cl. The van der Waals surface area contributed by atoms with E-state index < -0.39 is 0 Å². The smallest absolute Gasteiger partial charge is 0.0517 e. The van der Waals surface area contributed by atoms with E-state index in [0.717, 1.165) is 49.6 Å². The minimum atomic E-state index is 0.496. The van der Waals surface area contributed by atoms with Crippen LogP contribution in [0.1, 0.15) is 16.7 Å². The fraction of sp³-hybridized carbons (Fsp3) is 0.333. The van der Waals surface area contributed by atoms with Gasteiger partial charge < -0.3 is 0 Å². The summed E-state index contributed by atoms with van der Waals surface area (Å²) < 4.78 is 0. The molecule has 1 aromatic carbocycles. The van der Waals surface area contributed by atoms with E-state index in [4.69, 9.17) is 66.8 Å². The van der Waals surface area contributed by atoms with Crippen molar-refractivity contribution in [1.82, 2.24) is 0 Å². The van der Waals surface area contributed by atoms with E-state index in [9.17, 15) is 0 Å². The van der Waals surface area contributed by atoms with Gasteiger partial charge in [0, 0.05) is 33.9 Å². The lowest BCUT2D eigenvalue weighted by atomic mass is 10.1. The van der Waals surface area contributed by atoms with Gasteiger partial charge in [0.05, 0.1) is 15.1 Å². The standard InChI is InChI=1S/C9H6Cl6S3/c10-7-4(1-16-13)8(11)6(3-18-15)9(12)5(7)2-17-14/h1-3H2. The Labute approximate surface area is 147 Å². The first-order chi connectivity index (χ1) is 8.58. The maximum atomic E-state index is 6.30. The van der Waals surface area contributed by atoms with Crippen molar-refractivity contribution >= 4 is 99.8 Å². The summed E-state index contributed by atoms with van der Waals surface area (Å²) in [4.78, 5) is 0. The van der Waals surface area contributed by atoms with Crippen molar-refractivity contribution < 1.29 is 0 Å². The Balaban J connectivity index is 3.42. The van der Waals surface area contributed by atoms with Gasteiger partial charge in [-0.15, -0.1) is 0 Å². The molecule has 0 aliphatic heterocycles. The summed E-state index contributed by atoms with van der Waals surface area (Å²) >= 11 is 18.9. The molecule has 0 amide bonds. The zero-order valence-electron chi connectivity index (χ0n) is 8.61. The average molecular weight is 423 g/mol. The molecule has 0 fully saturated rings. The molecule has 102 valence electrons. The fourth-order valence-electron chi connectivity index (χ4n) is 1.38. The molecule has 0 atom stereocenters. The van der Waals surface area contributed by atoms with Gasteiger partial charge in [-0.1, -0.05) is 67.7 Å². The van der Waals surface area contributed by atoms with Crippen LogP contribution < -0.4 is 0 Å². The van der Waals surface area contributed by atoms with Gasteiger partial charge in [0.15, 0.2) is 0 Å². The van der Waals surface area contributed by atoms with E-state index in [1.807, 2.05) is 0 Å². The van der Waals surface area contributed by atoms with Crippen LogP contribution in [-0.2, 0) is 17.3 Å². The zero-order valence-corrected chi connectivity index (χ0v) is 15.6. The molecule has 0 aliphatic rings. The Morgan fingerprint density at radius 1 is 0.556 bits per heavy atom. The number of hydrogen-bond donors (Lipinski definition) is 0. The minimum Gasteiger partial charge on any atom is -0.0836 e. The molecule has 0 saturated carbocycles. The van der Waals surface area contributed by atoms with Crippen LogP contribution in [0.3, 0.4) is 0 Å². The Bertz CT molecular complexity index is 342. The third-order valence-electron chi connectivity index (χ3n) is 2.19. The van der Waals surface area contributed by atoms with Crippen molar-refractivity contribution in [3.8, 4) is 0 Å². The Morgan fingerprint density at radius 3 is 0.944 bits per heavy atom. The topological polar surface area (TPSA) is 0 Å². The molecule has 0 bridgehead atoms. The molecule has 1 rings (SSSR count). The van der Waals surface area contributed by atoms with E-state index in [2.05, 4.69) is 0 Å². The monoisotopic (exact) mass is 420 g/mol. The molecule has 0 aliphatic carbocycles. The second kappa shape index (κ2) is 9.11. The fourth-order valence-corrected chi connectivity index (χ4v) is 5.14. The second-order valence-electron chi connectivity index (χ2n) is 3.14. The maximum Gasteiger partial charge on any atom is 0.0517 e. The molecule has 0 heterocycles. The Hall–Kier alpha value is 2.01. The van der Waals surface area contributed by atoms with Crippen LogP contribution in [0.15, 0.2) is 0 Å². The van der Waals surface area contributed by atoms with Crippen LogP contribution >= 0.6 is 99.8 Å². The molecule has 1 aromatic rings. The quantitative estimate of drug-likeness (QED) is 0.458. The van der Waals surface area contributed by atoms with Crippen molar-refractivity contribution in [1.29, 1.82) is 0 Å². The van der Waals surface area contributed by atoms with Crippen LogP contribution in [0, 0.1) is 0 Å². The lowest BCUT2D eigenvalue weighted by Crippen LogP contribution is -1.98. The number of halogens is 6. The lowest BCUT2D eigenvalue weighted by Gasteiger charge is -2.16. The van der Waals surface area contributed by atoms with E-state index in [1.165, 1.54) is 0 Å². The molecule has 18 heavy (non-hydrogen) atoms. The maximum absolute atomic E-state index is 6.30. The molecule has 0 spiro atoms. The third-order valence-corrected chi connectivity index (χ3v) is 5.73. The molecule has 9 heteroatoms. The summed E-state index contributed by atoms with van der Waals surface area (Å²) in [6.07, 6.45) is 0. The predicted molar refractivity (Wildman–Crippen MR) is 92.9 cm³/mol. The molecule has 0 N–H and O–H groups in total. The molecule has 0 aromatic heterocycles. The third kappa shape index (κ3) is 4.25. The highest BCUT2D eigenvalue weighted by Crippen LogP contribution is 2.43. The molecular weight excluding hydrogens is 417 g/mol. The summed E-state index contributed by atoms with van der Waals surface area (Å²) in [6, 6.07) is 0. The highest BCUT2D eigenvalue weighted by molar-refractivity contribution is 8.20. The van der Waals surface area contributed by atoms with Crippen LogP contribution in [0.5, 0.6) is 0 Å². The van der Waals surface area contributed by atoms with E-state index in [1.54, 1.807) is 0 Å². The van der Waals surface area contributed by atoms with Crippen LogP contribution in [0.4, 0.5) is 0 Å². The summed E-state index contributed by atoms with van der Waals surface area (Å²) in [5.74, 6) is 1.49. The summed E-state index contributed by atoms with van der Waals surface area (Å²) in [5.41, 5.74) is 2.30. The number of benzene rings is 1. The van der Waals surface area contributed by atoms with E-state index >= 15 is 0 Å². The molecule has 0 saturated heterocycles. The first kappa shape index (κ1) is 18.1. The molecule has 0 unspecified atom stereocenters. The van der Waals surface area contributed by atoms with Gasteiger partial charge in [-0.2, -0.15) is 0 Å². The zero-order chi connectivity index (χ0) is 13.7. The van der Waals surface area contributed by atoms with Gasteiger partial charge in [0.25, 0.3) is 0 Å². The minimum absolute atomic E-state index is 0.496. The summed E-state index contributed by atoms with van der Waals surface area (Å²) in [5, 5.41) is 1.57. The Kier molecular flexibility index (Phi) is 9.14. The van der Waals surface area contributed by atoms with Crippen LogP contribution in [-0.4, -0.2) is 0 Å². The van der Waals surface area contributed by atoms with Crippen molar-refractivity contribution in [2.75, 3.05) is 0 Å². The van der Waals surface area contributed by atoms with Gasteiger partial charge in [0.2, 0.25) is 0 Å².